The van der Waals surface area contributed by atoms with Crippen LogP contribution < -0.4 is 36.5 Å². The predicted molar refractivity (Wildman–Crippen MR) is 466 cm³/mol. The molecule has 10 aromatic rings. The van der Waals surface area contributed by atoms with Crippen LogP contribution in [-0.4, -0.2) is 72.1 Å². The highest BCUT2D eigenvalue weighted by molar-refractivity contribution is 6.66. The van der Waals surface area contributed by atoms with Crippen molar-refractivity contribution in [3.05, 3.63) is 356 Å². The number of anilines is 5. The number of esters is 2. The summed E-state index contributed by atoms with van der Waals surface area (Å²) in [5.74, 6) is -2.47. The maximum Gasteiger partial charge on any atom is 0.335 e. The van der Waals surface area contributed by atoms with Crippen LogP contribution in [0.15, 0.2) is 376 Å². The number of para-hydroxylation sites is 4. The lowest BCUT2D eigenvalue weighted by molar-refractivity contribution is -0.138. The zero-order valence-corrected chi connectivity index (χ0v) is 67.1. The van der Waals surface area contributed by atoms with Crippen molar-refractivity contribution in [2.75, 3.05) is 27.0 Å². The number of allylic oxidation sites excluding steroid dienone is 4. The number of halogens is 1. The van der Waals surface area contributed by atoms with E-state index in [4.69, 9.17) is 31.9 Å². The van der Waals surface area contributed by atoms with E-state index in [1.54, 1.807) is 146 Å². The van der Waals surface area contributed by atoms with Crippen molar-refractivity contribution in [2.45, 2.75) is 73.1 Å². The second-order valence-corrected chi connectivity index (χ2v) is 25.3. The number of phenols is 2. The highest BCUT2D eigenvalue weighted by Crippen LogP contribution is 2.29. The largest absolute Gasteiger partial charge is 0.510 e. The summed E-state index contributed by atoms with van der Waals surface area (Å²) < 4.78 is 10.5. The topological polar surface area (TPSA) is 404 Å². The number of amides is 4. The molecule has 0 aliphatic heterocycles. The molecule has 26 nitrogen and oxygen atoms in total. The normalized spacial score (nSPS) is 11.4. The van der Waals surface area contributed by atoms with Gasteiger partial charge in [0.05, 0.1) is 29.4 Å². The number of aromatic hydroxyl groups is 2. The van der Waals surface area contributed by atoms with Gasteiger partial charge in [0.2, 0.25) is 11.1 Å². The minimum Gasteiger partial charge on any atom is -0.510 e. The highest BCUT2D eigenvalue weighted by Gasteiger charge is 2.20. The zero-order valence-electron chi connectivity index (χ0n) is 66.4. The van der Waals surface area contributed by atoms with E-state index in [2.05, 4.69) is 90.7 Å². The number of carbonyl (C=O) groups is 8. The molecule has 10 aromatic carbocycles. The van der Waals surface area contributed by atoms with E-state index in [9.17, 15) is 58.8 Å². The number of carbonyl (C=O) groups excluding carboxylic acids is 8. The quantitative estimate of drug-likeness (QED) is 0.00277. The van der Waals surface area contributed by atoms with E-state index in [1.165, 1.54) is 75.2 Å². The number of aliphatic hydroxyl groups is 3. The Hall–Kier alpha value is -15.3. The molecule has 0 fully saturated rings. The fourth-order valence-electron chi connectivity index (χ4n) is 9.28. The molecule has 0 aliphatic carbocycles. The first kappa shape index (κ1) is 96.1. The fourth-order valence-corrected chi connectivity index (χ4v) is 9.28. The number of ketones is 1. The summed E-state index contributed by atoms with van der Waals surface area (Å²) in [6, 6.07) is 80.9. The van der Waals surface area contributed by atoms with Crippen LogP contribution in [0.1, 0.15) is 84.3 Å². The fraction of sp³-hybridized carbons (Fsp3) is 0.130. The van der Waals surface area contributed by atoms with E-state index >= 15 is 0 Å². The molecular weight excluding hydrogens is 1530 g/mol. The third-order valence-electron chi connectivity index (χ3n) is 15.4. The van der Waals surface area contributed by atoms with Gasteiger partial charge in [0.15, 0.2) is 17.1 Å². The number of nitrogens with one attached hydrogen (secondary N) is 4. The van der Waals surface area contributed by atoms with E-state index < -0.39 is 28.9 Å². The molecule has 2 unspecified atom stereocenters. The van der Waals surface area contributed by atoms with Crippen LogP contribution in [0.4, 0.5) is 45.5 Å². The Kier molecular flexibility index (Phi) is 43.9. The summed E-state index contributed by atoms with van der Waals surface area (Å²) in [6.07, 6.45) is 6.53. The molecule has 0 bridgehead atoms. The Morgan fingerprint density at radius 3 is 1.06 bits per heavy atom. The number of hydrogen-bond donors (Lipinski definition) is 10. The monoisotopic (exact) mass is 1630 g/mol. The molecule has 11 N–H and O–H groups in total. The molecule has 0 aromatic heterocycles. The average molecular weight is 1630 g/mol. The number of hydrogen-bond acceptors (Lipinski definition) is 22. The Bertz CT molecular complexity index is 5050. The van der Waals surface area contributed by atoms with E-state index in [0.29, 0.717) is 62.9 Å². The molecule has 0 radical (unpaired) electrons. The van der Waals surface area contributed by atoms with Crippen molar-refractivity contribution in [2.24, 2.45) is 36.6 Å². The number of nitrogen functional groups attached to an aromatic ring is 1. The molecule has 0 heterocycles. The smallest absolute Gasteiger partial charge is 0.335 e. The molecule has 4 amide bonds. The van der Waals surface area contributed by atoms with Crippen molar-refractivity contribution >= 4 is 110 Å². The Balaban J connectivity index is 0.000000318. The van der Waals surface area contributed by atoms with E-state index in [-0.39, 0.29) is 75.9 Å². The summed E-state index contributed by atoms with van der Waals surface area (Å²) in [7, 11) is 0. The van der Waals surface area contributed by atoms with Gasteiger partial charge < -0.3 is 62.0 Å². The number of rotatable bonds is 26. The lowest BCUT2D eigenvalue weighted by atomic mass is 9.89. The van der Waals surface area contributed by atoms with Gasteiger partial charge in [0, 0.05) is 34.5 Å². The first-order valence-electron chi connectivity index (χ1n) is 36.6. The average Bonchev–Trinajstić information content (AvgIpc) is 0.888. The zero-order chi connectivity index (χ0) is 87.3. The molecule has 0 saturated carbocycles. The van der Waals surface area contributed by atoms with Crippen molar-refractivity contribution in [3.63, 3.8) is 0 Å². The number of azo groups is 3. The first-order chi connectivity index (χ1) is 57.1. The molecule has 10 rings (SSSR count). The van der Waals surface area contributed by atoms with E-state index in [1.807, 2.05) is 97.9 Å². The maximum atomic E-state index is 12.6. The lowest BCUT2D eigenvalue weighted by Gasteiger charge is -2.17. The van der Waals surface area contributed by atoms with Crippen molar-refractivity contribution in [1.29, 1.82) is 0 Å². The summed E-state index contributed by atoms with van der Waals surface area (Å²) >= 11 is 4.71. The number of Topliss-reactive ketones (excluding diaryl/α,β-unsaturated/α-hetero) is 1. The van der Waals surface area contributed by atoms with Crippen LogP contribution >= 0.6 is 11.6 Å². The van der Waals surface area contributed by atoms with Crippen LogP contribution in [0.3, 0.4) is 0 Å². The van der Waals surface area contributed by atoms with Crippen molar-refractivity contribution < 1.29 is 73.4 Å². The van der Waals surface area contributed by atoms with Gasteiger partial charge in [-0.1, -0.05) is 173 Å². The minimum absolute atomic E-state index is 0.0606. The number of aliphatic hydroxyl groups excluding tert-OH is 3. The Morgan fingerprint density at radius 1 is 0.437 bits per heavy atom. The molecule has 0 saturated heterocycles. The van der Waals surface area contributed by atoms with Gasteiger partial charge in [-0.15, -0.1) is 15.3 Å². The SMILES string of the molecule is C=CC(=O)Cl.C=CC(=O)Oc1ccc(N=NC(C(=O)Nc2ccccc2)=C(C)O)cc1.C=Cc1ccccc1.CC(=O)CC(=O)Nc1ccccc1.CC(O)=C(N=Nc1ccc(O)cc1)C(=O)Nc1ccccc1.CCC(CCC(C)C(=O)Oc1ccc(N=NC(C(=O)Nc2ccccc2)=C(C)O)cc1)c1ccccc1.Nc1ccc(O)cc1. The molecule has 27 heteroatoms. The minimum atomic E-state index is -0.587. The third-order valence-corrected chi connectivity index (χ3v) is 15.5. The number of phenolic OH excluding ortho intramolecular Hbond substituents is 2. The second kappa shape index (κ2) is 54.4. The van der Waals surface area contributed by atoms with Crippen LogP contribution in [0, 0.1) is 5.92 Å². The summed E-state index contributed by atoms with van der Waals surface area (Å²) in [6.45, 7) is 19.5. The highest BCUT2D eigenvalue weighted by atomic mass is 35.5. The summed E-state index contributed by atoms with van der Waals surface area (Å²) in [5.41, 5.74) is 11.6. The van der Waals surface area contributed by atoms with Gasteiger partial charge >= 0.3 is 11.9 Å². The van der Waals surface area contributed by atoms with Crippen molar-refractivity contribution in [1.82, 2.24) is 0 Å². The van der Waals surface area contributed by atoms with Gasteiger partial charge in [-0.2, -0.15) is 15.3 Å². The number of ether oxygens (including phenoxy) is 2. The molecule has 0 spiro atoms. The van der Waals surface area contributed by atoms with Gasteiger partial charge in [-0.05, 0) is 227 Å². The van der Waals surface area contributed by atoms with E-state index in [0.717, 1.165) is 31.4 Å². The van der Waals surface area contributed by atoms with Crippen molar-refractivity contribution in [3.8, 4) is 23.0 Å². The summed E-state index contributed by atoms with van der Waals surface area (Å²) in [4.78, 5) is 91.7. The third kappa shape index (κ3) is 40.3. The van der Waals surface area contributed by atoms with Gasteiger partial charge in [-0.25, -0.2) is 4.79 Å². The molecular formula is C92H94ClN11O15. The summed E-state index contributed by atoms with van der Waals surface area (Å²) in [5, 5.41) is 80.4. The molecule has 0 aliphatic rings. The molecule has 119 heavy (non-hydrogen) atoms. The van der Waals surface area contributed by atoms with Crippen LogP contribution in [-0.2, 0) is 38.4 Å². The predicted octanol–water partition coefficient (Wildman–Crippen LogP) is 21.8. The standard InChI is InChI=1S/C30H33N3O4.C19H17N3O4.C16H15N3O3.C10H11NO2.C8H8.C6H7NO.C3H3ClO/c1-4-23(24-11-7-5-8-12-24)16-15-21(2)30(36)37-27-19-17-26(18-20-27)32-33-28(22(3)34)29(35)31-25-13-9-6-10-14-25;1-3-17(24)26-16-11-9-15(10-12-16)21-22-18(13(2)23)19(25)20-14-7-5-4-6-8-14;1-11(20)15(16(22)17-12-5-3-2-4-6-12)19-18-13-7-9-14(21)10-8-13;1-8(12)7-10(13)11-9-5-3-2-4-6-9;1-2-8-6-4-3-5-7-8;7-5-1-3-6(8)4-2-5;1-2-3(4)5/h5-14,17-21,23,34H,4,15-16H2,1-3H3,(H,31,35);3-12,23H,1H2,2H3,(H,20,25);2-10,20-21H,1H3,(H,17,22);2-6H,7H2,1H3,(H,11,13);2-7H,1H2;1-4,8H,7H2;2H,1H2. The molecule has 2 atom stereocenters. The van der Waals surface area contributed by atoms with Gasteiger partial charge in [0.1, 0.15) is 46.1 Å². The second-order valence-electron chi connectivity index (χ2n) is 24.9. The maximum absolute atomic E-state index is 12.6. The number of nitrogens with zero attached hydrogens (tertiary/aromatic N) is 6. The van der Waals surface area contributed by atoms with Crippen LogP contribution in [0.5, 0.6) is 23.0 Å². The van der Waals surface area contributed by atoms with Crippen LogP contribution in [0.25, 0.3) is 6.08 Å². The lowest BCUT2D eigenvalue weighted by Crippen LogP contribution is -2.18. The van der Waals surface area contributed by atoms with Crippen LogP contribution in [0.2, 0.25) is 0 Å². The van der Waals surface area contributed by atoms with Gasteiger partial charge in [-0.3, -0.25) is 33.6 Å². The Labute approximate surface area is 695 Å². The Morgan fingerprint density at radius 2 is 0.756 bits per heavy atom. The number of nitrogens with two attached hydrogens (primary N) is 1. The van der Waals surface area contributed by atoms with Gasteiger partial charge in [0.25, 0.3) is 17.7 Å². The first-order valence-corrected chi connectivity index (χ1v) is 37.0. The molecule has 614 valence electrons. The number of benzene rings is 10.